The molecule has 1 fully saturated rings. The quantitative estimate of drug-likeness (QED) is 0.559. The Balaban J connectivity index is 2.09. The number of hydrogen-bond acceptors (Lipinski definition) is 6. The van der Waals surface area contributed by atoms with Crippen molar-refractivity contribution in [1.29, 1.82) is 0 Å². The maximum atomic E-state index is 15.0. The van der Waals surface area contributed by atoms with Gasteiger partial charge in [0.1, 0.15) is 11.6 Å². The van der Waals surface area contributed by atoms with Crippen molar-refractivity contribution < 1.29 is 18.8 Å². The average Bonchev–Trinajstić information content (AvgIpc) is 2.99. The zero-order valence-corrected chi connectivity index (χ0v) is 13.6. The van der Waals surface area contributed by atoms with Gasteiger partial charge in [0.15, 0.2) is 11.6 Å². The summed E-state index contributed by atoms with van der Waals surface area (Å²) in [5, 5.41) is 23.6. The van der Waals surface area contributed by atoms with E-state index in [1.165, 1.54) is 6.07 Å². The topological polar surface area (TPSA) is 122 Å². The Morgan fingerprint density at radius 3 is 3.04 bits per heavy atom. The molecule has 1 amide bonds. The Bertz CT molecular complexity index is 816. The molecule has 10 heteroatoms. The van der Waals surface area contributed by atoms with E-state index in [0.717, 1.165) is 0 Å². The van der Waals surface area contributed by atoms with Crippen LogP contribution in [0.4, 0.5) is 15.9 Å². The minimum Gasteiger partial charge on any atom is -0.370 e. The SMILES string of the molecule is CCCC(=O)Nc1n[nH]c2c(F)c(C3CNCCO3)c([N+](=O)[O-])cc12. The van der Waals surface area contributed by atoms with Gasteiger partial charge >= 0.3 is 0 Å². The number of carbonyl (C=O) groups excluding carboxylic acids is 1. The van der Waals surface area contributed by atoms with Crippen molar-refractivity contribution in [2.75, 3.05) is 25.0 Å². The molecule has 1 aliphatic rings. The van der Waals surface area contributed by atoms with Crippen LogP contribution in [-0.2, 0) is 9.53 Å². The molecule has 0 aliphatic carbocycles. The van der Waals surface area contributed by atoms with Crippen LogP contribution in [0.3, 0.4) is 0 Å². The summed E-state index contributed by atoms with van der Waals surface area (Å²) in [7, 11) is 0. The second-order valence-corrected chi connectivity index (χ2v) is 5.74. The van der Waals surface area contributed by atoms with Crippen LogP contribution in [0.25, 0.3) is 10.9 Å². The molecule has 3 N–H and O–H groups in total. The third kappa shape index (κ3) is 3.30. The number of rotatable bonds is 5. The van der Waals surface area contributed by atoms with Gasteiger partial charge in [0.05, 0.1) is 22.5 Å². The van der Waals surface area contributed by atoms with Crippen molar-refractivity contribution in [1.82, 2.24) is 15.5 Å². The monoisotopic (exact) mass is 351 g/mol. The lowest BCUT2D eigenvalue weighted by Crippen LogP contribution is -2.34. The standard InChI is InChI=1S/C15H18FN5O4/c1-2-3-11(22)18-15-8-6-9(21(23)24)12(10-7-17-4-5-25-10)13(16)14(8)19-20-15/h6,10,17H,2-5,7H2,1H3,(H2,18,19,20,22). The molecule has 25 heavy (non-hydrogen) atoms. The lowest BCUT2D eigenvalue weighted by atomic mass is 10.0. The fourth-order valence-electron chi connectivity index (χ4n) is 2.85. The van der Waals surface area contributed by atoms with Crippen molar-refractivity contribution in [3.8, 4) is 0 Å². The number of morpholine rings is 1. The molecule has 2 heterocycles. The fourth-order valence-corrected chi connectivity index (χ4v) is 2.85. The number of nitro benzene ring substituents is 1. The number of ether oxygens (including phenoxy) is 1. The van der Waals surface area contributed by atoms with E-state index in [1.807, 2.05) is 6.92 Å². The Morgan fingerprint density at radius 2 is 2.40 bits per heavy atom. The van der Waals surface area contributed by atoms with Gasteiger partial charge in [0.25, 0.3) is 5.69 Å². The van der Waals surface area contributed by atoms with Crippen molar-refractivity contribution in [3.05, 3.63) is 27.6 Å². The number of fused-ring (bicyclic) bond motifs is 1. The van der Waals surface area contributed by atoms with Crippen LogP contribution in [-0.4, -0.2) is 40.7 Å². The number of anilines is 1. The van der Waals surface area contributed by atoms with Crippen LogP contribution in [0.15, 0.2) is 6.07 Å². The van der Waals surface area contributed by atoms with Gasteiger partial charge in [-0.2, -0.15) is 5.10 Å². The summed E-state index contributed by atoms with van der Waals surface area (Å²) < 4.78 is 20.5. The highest BCUT2D eigenvalue weighted by molar-refractivity contribution is 6.00. The smallest absolute Gasteiger partial charge is 0.279 e. The fraction of sp³-hybridized carbons (Fsp3) is 0.467. The van der Waals surface area contributed by atoms with Gasteiger partial charge in [-0.05, 0) is 6.42 Å². The van der Waals surface area contributed by atoms with E-state index in [9.17, 15) is 19.3 Å². The average molecular weight is 351 g/mol. The molecule has 2 aromatic rings. The van der Waals surface area contributed by atoms with Crippen molar-refractivity contribution in [3.63, 3.8) is 0 Å². The molecule has 1 aromatic heterocycles. The zero-order chi connectivity index (χ0) is 18.0. The van der Waals surface area contributed by atoms with E-state index < -0.39 is 22.5 Å². The molecule has 1 aromatic carbocycles. The normalized spacial score (nSPS) is 17.6. The van der Waals surface area contributed by atoms with E-state index in [2.05, 4.69) is 20.8 Å². The van der Waals surface area contributed by atoms with Gasteiger partial charge in [0, 0.05) is 25.6 Å². The second kappa shape index (κ2) is 7.11. The third-order valence-corrected chi connectivity index (χ3v) is 4.00. The number of carbonyl (C=O) groups is 1. The lowest BCUT2D eigenvalue weighted by Gasteiger charge is -2.24. The van der Waals surface area contributed by atoms with Crippen LogP contribution < -0.4 is 10.6 Å². The summed E-state index contributed by atoms with van der Waals surface area (Å²) in [4.78, 5) is 22.6. The second-order valence-electron chi connectivity index (χ2n) is 5.74. The molecule has 9 nitrogen and oxygen atoms in total. The first-order valence-corrected chi connectivity index (χ1v) is 8.00. The lowest BCUT2D eigenvalue weighted by molar-refractivity contribution is -0.386. The molecule has 1 atom stereocenters. The Morgan fingerprint density at radius 1 is 1.60 bits per heavy atom. The molecule has 0 spiro atoms. The van der Waals surface area contributed by atoms with E-state index >= 15 is 0 Å². The van der Waals surface area contributed by atoms with Gasteiger partial charge in [-0.1, -0.05) is 6.92 Å². The number of halogens is 1. The summed E-state index contributed by atoms with van der Waals surface area (Å²) in [6.07, 6.45) is 0.150. The number of H-pyrrole nitrogens is 1. The van der Waals surface area contributed by atoms with E-state index in [0.29, 0.717) is 19.6 Å². The zero-order valence-electron chi connectivity index (χ0n) is 13.6. The number of hydrogen-bond donors (Lipinski definition) is 3. The number of benzene rings is 1. The molecule has 134 valence electrons. The number of nitrogens with one attached hydrogen (secondary N) is 3. The summed E-state index contributed by atoms with van der Waals surface area (Å²) >= 11 is 0. The first kappa shape index (κ1) is 17.2. The molecule has 1 aliphatic heterocycles. The summed E-state index contributed by atoms with van der Waals surface area (Å²) in [6.45, 7) is 3.06. The molecule has 0 saturated carbocycles. The maximum Gasteiger partial charge on any atom is 0.279 e. The van der Waals surface area contributed by atoms with Crippen LogP contribution in [0.2, 0.25) is 0 Å². The minimum atomic E-state index is -0.790. The highest BCUT2D eigenvalue weighted by Crippen LogP contribution is 2.37. The summed E-state index contributed by atoms with van der Waals surface area (Å²) in [5.74, 6) is -1.01. The van der Waals surface area contributed by atoms with Crippen LogP contribution in [0.5, 0.6) is 0 Å². The van der Waals surface area contributed by atoms with Gasteiger partial charge < -0.3 is 15.4 Å². The molecule has 1 saturated heterocycles. The van der Waals surface area contributed by atoms with Gasteiger partial charge in [-0.3, -0.25) is 20.0 Å². The Hall–Kier alpha value is -2.59. The predicted molar refractivity (Wildman–Crippen MR) is 87.8 cm³/mol. The molecule has 0 radical (unpaired) electrons. The van der Waals surface area contributed by atoms with E-state index in [1.54, 1.807) is 0 Å². The van der Waals surface area contributed by atoms with Crippen LogP contribution in [0.1, 0.15) is 31.4 Å². The van der Waals surface area contributed by atoms with Crippen molar-refractivity contribution in [2.45, 2.75) is 25.9 Å². The van der Waals surface area contributed by atoms with Gasteiger partial charge in [-0.25, -0.2) is 4.39 Å². The van der Waals surface area contributed by atoms with Gasteiger partial charge in [0.2, 0.25) is 5.91 Å². The first-order valence-electron chi connectivity index (χ1n) is 8.00. The molecular formula is C15H18FN5O4. The van der Waals surface area contributed by atoms with E-state index in [-0.39, 0.29) is 41.2 Å². The number of nitro groups is 1. The van der Waals surface area contributed by atoms with E-state index in [4.69, 9.17) is 4.74 Å². The number of amides is 1. The van der Waals surface area contributed by atoms with Gasteiger partial charge in [-0.15, -0.1) is 0 Å². The highest BCUT2D eigenvalue weighted by atomic mass is 19.1. The Labute approximate surface area is 142 Å². The number of aromatic nitrogens is 2. The van der Waals surface area contributed by atoms with Crippen LogP contribution in [0, 0.1) is 15.9 Å². The summed E-state index contributed by atoms with van der Waals surface area (Å²) in [6, 6.07) is 1.22. The first-order chi connectivity index (χ1) is 12.0. The summed E-state index contributed by atoms with van der Waals surface area (Å²) in [5.41, 5.74) is -0.521. The number of aromatic amines is 1. The largest absolute Gasteiger partial charge is 0.370 e. The third-order valence-electron chi connectivity index (χ3n) is 4.00. The highest BCUT2D eigenvalue weighted by Gasteiger charge is 2.32. The van der Waals surface area contributed by atoms with Crippen LogP contribution >= 0.6 is 0 Å². The van der Waals surface area contributed by atoms with Crippen molar-refractivity contribution in [2.24, 2.45) is 0 Å². The molecule has 0 bridgehead atoms. The maximum absolute atomic E-state index is 15.0. The number of nitrogens with zero attached hydrogens (tertiary/aromatic N) is 2. The Kier molecular flexibility index (Phi) is 4.91. The minimum absolute atomic E-state index is 0.00146. The predicted octanol–water partition coefficient (Wildman–Crippen LogP) is 2.01. The molecular weight excluding hydrogens is 333 g/mol. The van der Waals surface area contributed by atoms with Crippen molar-refractivity contribution >= 4 is 28.3 Å². The molecule has 3 rings (SSSR count). The molecule has 1 unspecified atom stereocenters.